The molecule has 0 atom stereocenters. The van der Waals surface area contributed by atoms with E-state index in [1.807, 2.05) is 0 Å². The molecule has 0 radical (unpaired) electrons. The number of hydrogen-bond donors (Lipinski definition) is 2. The van der Waals surface area contributed by atoms with Crippen molar-refractivity contribution < 1.29 is 4.79 Å². The number of aromatic nitrogens is 2. The minimum absolute atomic E-state index is 0.247. The number of rotatable bonds is 6. The van der Waals surface area contributed by atoms with Crippen molar-refractivity contribution in [1.29, 1.82) is 0 Å². The number of benzene rings is 2. The maximum Gasteiger partial charge on any atom is 0.314 e. The van der Waals surface area contributed by atoms with Crippen molar-refractivity contribution in [2.24, 2.45) is 5.10 Å². The summed E-state index contributed by atoms with van der Waals surface area (Å²) < 4.78 is 4.20. The van der Waals surface area contributed by atoms with Crippen LogP contribution < -0.4 is 15.7 Å². The van der Waals surface area contributed by atoms with E-state index in [2.05, 4.69) is 26.8 Å². The third-order valence-electron chi connectivity index (χ3n) is 3.61. The van der Waals surface area contributed by atoms with Crippen molar-refractivity contribution in [2.75, 3.05) is 6.54 Å². The zero-order valence-corrected chi connectivity index (χ0v) is 16.2. The highest BCUT2D eigenvalue weighted by Gasteiger charge is 2.11. The number of hydrazone groups is 1. The minimum atomic E-state index is -0.403. The average molecular weight is 414 g/mol. The Kier molecular flexibility index (Phi) is 6.59. The lowest BCUT2D eigenvalue weighted by Crippen LogP contribution is -2.24. The van der Waals surface area contributed by atoms with Crippen LogP contribution in [0.4, 0.5) is 4.79 Å². The lowest BCUT2D eigenvalue weighted by Gasteiger charge is -2.11. The van der Waals surface area contributed by atoms with Gasteiger partial charge in [-0.25, -0.2) is 10.4 Å². The molecule has 0 bridgehead atoms. The standard InChI is InChI=1S/C19H16ClN5O2S/c1-2-11-22-28-19(27)24-21-12-17-23-16-6-4-3-5-15(16)18(26)25(17)14-9-7-13(20)8-10-14/h2-10,12,22H,1,11H2,(H,24,27)/b21-12+. The molecule has 2 N–H and O–H groups in total. The SMILES string of the molecule is C=CCNSC(=O)N/N=C/c1nc2ccccc2c(=O)n1-c1ccc(Cl)cc1. The molecule has 3 rings (SSSR count). The van der Waals surface area contributed by atoms with Crippen LogP contribution in [-0.4, -0.2) is 27.5 Å². The molecule has 0 saturated heterocycles. The van der Waals surface area contributed by atoms with E-state index in [9.17, 15) is 9.59 Å². The molecule has 1 heterocycles. The molecular weight excluding hydrogens is 398 g/mol. The van der Waals surface area contributed by atoms with Crippen LogP contribution in [0.2, 0.25) is 5.02 Å². The van der Waals surface area contributed by atoms with Gasteiger partial charge in [0.15, 0.2) is 5.82 Å². The molecule has 9 heteroatoms. The fourth-order valence-corrected chi connectivity index (χ4v) is 2.96. The normalized spacial score (nSPS) is 11.0. The summed E-state index contributed by atoms with van der Waals surface area (Å²) in [6, 6.07) is 13.8. The number of hydrogen-bond acceptors (Lipinski definition) is 6. The molecule has 1 aromatic heterocycles. The van der Waals surface area contributed by atoms with E-state index in [1.165, 1.54) is 10.8 Å². The third kappa shape index (κ3) is 4.66. The molecule has 0 spiro atoms. The number of halogens is 1. The van der Waals surface area contributed by atoms with Crippen molar-refractivity contribution in [3.05, 3.63) is 82.4 Å². The molecule has 28 heavy (non-hydrogen) atoms. The van der Waals surface area contributed by atoms with Gasteiger partial charge < -0.3 is 0 Å². The van der Waals surface area contributed by atoms with Gasteiger partial charge in [0.05, 0.1) is 22.8 Å². The van der Waals surface area contributed by atoms with Crippen molar-refractivity contribution in [3.8, 4) is 5.69 Å². The van der Waals surface area contributed by atoms with Gasteiger partial charge in [0, 0.05) is 23.5 Å². The summed E-state index contributed by atoms with van der Waals surface area (Å²) in [5, 5.41) is 4.54. The zero-order chi connectivity index (χ0) is 19.9. The molecule has 1 amide bonds. The number of nitrogens with one attached hydrogen (secondary N) is 2. The van der Waals surface area contributed by atoms with Crippen LogP contribution in [0, 0.1) is 0 Å². The molecule has 0 saturated carbocycles. The first kappa shape index (κ1) is 19.8. The largest absolute Gasteiger partial charge is 0.314 e. The van der Waals surface area contributed by atoms with Crippen LogP contribution in [0.3, 0.4) is 0 Å². The van der Waals surface area contributed by atoms with Crippen LogP contribution in [0.25, 0.3) is 16.6 Å². The number of carbonyl (C=O) groups is 1. The molecule has 7 nitrogen and oxygen atoms in total. The van der Waals surface area contributed by atoms with E-state index in [-0.39, 0.29) is 11.4 Å². The Balaban J connectivity index is 1.98. The number of nitrogens with zero attached hydrogens (tertiary/aromatic N) is 3. The van der Waals surface area contributed by atoms with Gasteiger partial charge in [-0.3, -0.25) is 18.9 Å². The van der Waals surface area contributed by atoms with Gasteiger partial charge >= 0.3 is 5.24 Å². The number of carbonyl (C=O) groups excluding carboxylic acids is 1. The Morgan fingerprint density at radius 1 is 1.25 bits per heavy atom. The van der Waals surface area contributed by atoms with Gasteiger partial charge in [0.1, 0.15) is 0 Å². The van der Waals surface area contributed by atoms with E-state index in [4.69, 9.17) is 11.6 Å². The second-order valence-electron chi connectivity index (χ2n) is 5.50. The first-order valence-electron chi connectivity index (χ1n) is 8.21. The Morgan fingerprint density at radius 2 is 2.00 bits per heavy atom. The summed E-state index contributed by atoms with van der Waals surface area (Å²) in [5.41, 5.74) is 3.24. The van der Waals surface area contributed by atoms with Crippen molar-refractivity contribution in [1.82, 2.24) is 19.7 Å². The van der Waals surface area contributed by atoms with E-state index in [0.29, 0.717) is 28.2 Å². The highest BCUT2D eigenvalue weighted by molar-refractivity contribution is 8.11. The van der Waals surface area contributed by atoms with Crippen molar-refractivity contribution in [2.45, 2.75) is 0 Å². The lowest BCUT2D eigenvalue weighted by molar-refractivity contribution is 0.261. The Labute approximate surface area is 170 Å². The summed E-state index contributed by atoms with van der Waals surface area (Å²) in [6.45, 7) is 4.03. The number of fused-ring (bicyclic) bond motifs is 1. The van der Waals surface area contributed by atoms with E-state index < -0.39 is 5.24 Å². The van der Waals surface area contributed by atoms with E-state index in [0.717, 1.165) is 11.9 Å². The summed E-state index contributed by atoms with van der Waals surface area (Å²) in [7, 11) is 0. The first-order chi connectivity index (χ1) is 13.6. The average Bonchev–Trinajstić information content (AvgIpc) is 2.69. The summed E-state index contributed by atoms with van der Waals surface area (Å²) in [6.07, 6.45) is 2.96. The zero-order valence-electron chi connectivity index (χ0n) is 14.6. The maximum atomic E-state index is 13.0. The Hall–Kier alpha value is -2.94. The van der Waals surface area contributed by atoms with E-state index >= 15 is 0 Å². The summed E-state index contributed by atoms with van der Waals surface area (Å²) in [5.74, 6) is 0.273. The predicted molar refractivity (Wildman–Crippen MR) is 114 cm³/mol. The van der Waals surface area contributed by atoms with Gasteiger partial charge in [-0.15, -0.1) is 6.58 Å². The second-order valence-corrected chi connectivity index (χ2v) is 6.80. The second kappa shape index (κ2) is 9.32. The monoisotopic (exact) mass is 413 g/mol. The van der Waals surface area contributed by atoms with Gasteiger partial charge in [0.25, 0.3) is 5.56 Å². The van der Waals surface area contributed by atoms with E-state index in [1.54, 1.807) is 54.6 Å². The maximum absolute atomic E-state index is 13.0. The van der Waals surface area contributed by atoms with Gasteiger partial charge in [-0.05, 0) is 36.4 Å². The molecule has 3 aromatic rings. The molecule has 142 valence electrons. The first-order valence-corrected chi connectivity index (χ1v) is 9.41. The van der Waals surface area contributed by atoms with Crippen LogP contribution in [0.15, 0.2) is 71.1 Å². The Morgan fingerprint density at radius 3 is 2.75 bits per heavy atom. The highest BCUT2D eigenvalue weighted by Crippen LogP contribution is 2.15. The fraction of sp³-hybridized carbons (Fsp3) is 0.0526. The van der Waals surface area contributed by atoms with Crippen LogP contribution in [0.5, 0.6) is 0 Å². The molecule has 0 unspecified atom stereocenters. The summed E-state index contributed by atoms with van der Waals surface area (Å²) in [4.78, 5) is 29.2. The number of amides is 1. The van der Waals surface area contributed by atoms with Crippen LogP contribution in [-0.2, 0) is 0 Å². The minimum Gasteiger partial charge on any atom is -0.268 e. The van der Waals surface area contributed by atoms with Crippen LogP contribution in [0.1, 0.15) is 5.82 Å². The summed E-state index contributed by atoms with van der Waals surface area (Å²) >= 11 is 6.81. The quantitative estimate of drug-likeness (QED) is 0.212. The smallest absolute Gasteiger partial charge is 0.268 e. The highest BCUT2D eigenvalue weighted by atomic mass is 35.5. The molecule has 0 aliphatic carbocycles. The molecular formula is C19H16ClN5O2S. The van der Waals surface area contributed by atoms with Gasteiger partial charge in [-0.1, -0.05) is 29.8 Å². The third-order valence-corrected chi connectivity index (χ3v) is 4.45. The fourth-order valence-electron chi connectivity index (χ4n) is 2.41. The van der Waals surface area contributed by atoms with Gasteiger partial charge in [0.2, 0.25) is 0 Å². The lowest BCUT2D eigenvalue weighted by atomic mass is 10.2. The molecule has 2 aromatic carbocycles. The van der Waals surface area contributed by atoms with Crippen molar-refractivity contribution in [3.63, 3.8) is 0 Å². The Bertz CT molecular complexity index is 1100. The number of para-hydroxylation sites is 1. The molecule has 0 aliphatic rings. The molecule has 0 aliphatic heterocycles. The van der Waals surface area contributed by atoms with Crippen LogP contribution >= 0.6 is 23.5 Å². The van der Waals surface area contributed by atoms with Crippen molar-refractivity contribution >= 4 is 45.9 Å². The van der Waals surface area contributed by atoms with Gasteiger partial charge in [-0.2, -0.15) is 5.10 Å². The predicted octanol–water partition coefficient (Wildman–Crippen LogP) is 3.51. The topological polar surface area (TPSA) is 88.4 Å². The molecule has 0 fully saturated rings.